The fourth-order valence-electron chi connectivity index (χ4n) is 1.59. The van der Waals surface area contributed by atoms with Crippen LogP contribution >= 0.6 is 0 Å². The van der Waals surface area contributed by atoms with Crippen LogP contribution in [0.25, 0.3) is 5.70 Å². The van der Waals surface area contributed by atoms with Crippen molar-refractivity contribution >= 4 is 11.6 Å². The molecule has 102 valence electrons. The van der Waals surface area contributed by atoms with E-state index in [0.29, 0.717) is 5.56 Å². The van der Waals surface area contributed by atoms with Crippen LogP contribution in [0.1, 0.15) is 15.9 Å². The molecule has 4 nitrogen and oxygen atoms in total. The van der Waals surface area contributed by atoms with Gasteiger partial charge in [-0.3, -0.25) is 15.6 Å². The molecule has 0 unspecified atom stereocenters. The summed E-state index contributed by atoms with van der Waals surface area (Å²) in [6.07, 6.45) is 0. The molecule has 2 aromatic rings. The summed E-state index contributed by atoms with van der Waals surface area (Å²) in [4.78, 5) is 11.8. The summed E-state index contributed by atoms with van der Waals surface area (Å²) in [5, 5.41) is 9.13. The van der Waals surface area contributed by atoms with Gasteiger partial charge in [0, 0.05) is 11.1 Å². The van der Waals surface area contributed by atoms with Gasteiger partial charge in [0.05, 0.1) is 5.70 Å². The van der Waals surface area contributed by atoms with Crippen LogP contribution < -0.4 is 10.9 Å². The second kappa shape index (κ2) is 5.88. The van der Waals surface area contributed by atoms with Crippen molar-refractivity contribution in [3.8, 4) is 5.75 Å². The fraction of sp³-hybridized carbons (Fsp3) is 0. The molecule has 0 heterocycles. The predicted octanol–water partition coefficient (Wildman–Crippen LogP) is 2.44. The van der Waals surface area contributed by atoms with Crippen molar-refractivity contribution in [2.45, 2.75) is 0 Å². The van der Waals surface area contributed by atoms with Gasteiger partial charge in [0.25, 0.3) is 5.91 Å². The van der Waals surface area contributed by atoms with E-state index in [4.69, 9.17) is 5.11 Å². The highest BCUT2D eigenvalue weighted by atomic mass is 19.1. The van der Waals surface area contributed by atoms with E-state index >= 15 is 0 Å². The van der Waals surface area contributed by atoms with E-state index in [9.17, 15) is 9.18 Å². The molecule has 5 heteroatoms. The first-order valence-electron chi connectivity index (χ1n) is 5.87. The molecular formula is C15H13FN2O2. The molecular weight excluding hydrogens is 259 g/mol. The second-order valence-electron chi connectivity index (χ2n) is 4.08. The highest BCUT2D eigenvalue weighted by molar-refractivity contribution is 5.94. The monoisotopic (exact) mass is 272 g/mol. The summed E-state index contributed by atoms with van der Waals surface area (Å²) < 4.78 is 13.5. The number of hydrazine groups is 1. The van der Waals surface area contributed by atoms with Crippen LogP contribution in [0.3, 0.4) is 0 Å². The number of halogens is 1. The Morgan fingerprint density at radius 2 is 1.70 bits per heavy atom. The van der Waals surface area contributed by atoms with Crippen molar-refractivity contribution in [3.63, 3.8) is 0 Å². The number of amides is 1. The van der Waals surface area contributed by atoms with Gasteiger partial charge in [-0.1, -0.05) is 18.7 Å². The van der Waals surface area contributed by atoms with Crippen LogP contribution in [0.4, 0.5) is 4.39 Å². The maximum atomic E-state index is 13.5. The molecule has 2 aromatic carbocycles. The Bertz CT molecular complexity index is 639. The molecule has 1 amide bonds. The molecule has 2 rings (SSSR count). The molecule has 3 N–H and O–H groups in total. The molecule has 0 saturated carbocycles. The summed E-state index contributed by atoms with van der Waals surface area (Å²) >= 11 is 0. The maximum absolute atomic E-state index is 13.5. The smallest absolute Gasteiger partial charge is 0.269 e. The lowest BCUT2D eigenvalue weighted by molar-refractivity contribution is 0.0942. The Balaban J connectivity index is 1.99. The Hall–Kier alpha value is -2.82. The van der Waals surface area contributed by atoms with Crippen molar-refractivity contribution in [2.75, 3.05) is 0 Å². The zero-order valence-corrected chi connectivity index (χ0v) is 10.6. The Morgan fingerprint density at radius 3 is 2.35 bits per heavy atom. The molecule has 0 radical (unpaired) electrons. The largest absolute Gasteiger partial charge is 0.508 e. The molecule has 0 atom stereocenters. The third kappa shape index (κ3) is 3.14. The number of hydrogen-bond donors (Lipinski definition) is 3. The summed E-state index contributed by atoms with van der Waals surface area (Å²) in [5.74, 6) is -0.767. The zero-order valence-electron chi connectivity index (χ0n) is 10.6. The zero-order chi connectivity index (χ0) is 14.5. The number of rotatable bonds is 4. The summed E-state index contributed by atoms with van der Waals surface area (Å²) in [7, 11) is 0. The molecule has 0 aliphatic carbocycles. The first-order chi connectivity index (χ1) is 9.58. The number of hydrogen-bond acceptors (Lipinski definition) is 3. The highest BCUT2D eigenvalue weighted by Gasteiger charge is 2.08. The van der Waals surface area contributed by atoms with E-state index in [-0.39, 0.29) is 17.0 Å². The molecule has 0 fully saturated rings. The molecule has 0 bridgehead atoms. The molecule has 0 aromatic heterocycles. The highest BCUT2D eigenvalue weighted by Crippen LogP contribution is 2.13. The van der Waals surface area contributed by atoms with E-state index in [1.54, 1.807) is 18.2 Å². The standard InChI is InChI=1S/C15H13FN2O2/c1-10(13-4-2-3-5-14(13)16)17-18-15(20)11-6-8-12(19)9-7-11/h2-9,17,19H,1H2,(H,18,20). The lowest BCUT2D eigenvalue weighted by atomic mass is 10.1. The third-order valence-corrected chi connectivity index (χ3v) is 2.66. The first kappa shape index (κ1) is 13.6. The molecule has 0 aliphatic heterocycles. The van der Waals surface area contributed by atoms with Crippen LogP contribution in [0.2, 0.25) is 0 Å². The lowest BCUT2D eigenvalue weighted by Gasteiger charge is -2.11. The number of carbonyl (C=O) groups excluding carboxylic acids is 1. The predicted molar refractivity (Wildman–Crippen MR) is 74.1 cm³/mol. The van der Waals surface area contributed by atoms with Crippen LogP contribution in [0.5, 0.6) is 5.75 Å². The van der Waals surface area contributed by atoms with E-state index in [0.717, 1.165) is 0 Å². The van der Waals surface area contributed by atoms with Crippen LogP contribution in [-0.2, 0) is 0 Å². The lowest BCUT2D eigenvalue weighted by Crippen LogP contribution is -2.36. The van der Waals surface area contributed by atoms with Gasteiger partial charge in [-0.25, -0.2) is 4.39 Å². The molecule has 20 heavy (non-hydrogen) atoms. The van der Waals surface area contributed by atoms with E-state index in [2.05, 4.69) is 17.4 Å². The van der Waals surface area contributed by atoms with Crippen molar-refractivity contribution in [1.82, 2.24) is 10.9 Å². The molecule has 0 spiro atoms. The summed E-state index contributed by atoms with van der Waals surface area (Å²) in [6, 6.07) is 11.9. The fourth-order valence-corrected chi connectivity index (χ4v) is 1.59. The summed E-state index contributed by atoms with van der Waals surface area (Å²) in [6.45, 7) is 3.66. The quantitative estimate of drug-likeness (QED) is 0.749. The van der Waals surface area contributed by atoms with Crippen LogP contribution in [-0.4, -0.2) is 11.0 Å². The van der Waals surface area contributed by atoms with E-state index < -0.39 is 11.7 Å². The van der Waals surface area contributed by atoms with Crippen molar-refractivity contribution in [2.24, 2.45) is 0 Å². The number of aromatic hydroxyl groups is 1. The Morgan fingerprint density at radius 1 is 1.05 bits per heavy atom. The topological polar surface area (TPSA) is 61.4 Å². The second-order valence-corrected chi connectivity index (χ2v) is 4.08. The molecule has 0 aliphatic rings. The third-order valence-electron chi connectivity index (χ3n) is 2.66. The Kier molecular flexibility index (Phi) is 4.00. The normalized spacial score (nSPS) is 9.85. The number of benzene rings is 2. The van der Waals surface area contributed by atoms with Crippen molar-refractivity contribution in [1.29, 1.82) is 0 Å². The van der Waals surface area contributed by atoms with Gasteiger partial charge < -0.3 is 5.11 Å². The number of phenols is 1. The average molecular weight is 272 g/mol. The van der Waals surface area contributed by atoms with Crippen LogP contribution in [0.15, 0.2) is 55.1 Å². The number of carbonyl (C=O) groups is 1. The Labute approximate surface area is 115 Å². The van der Waals surface area contributed by atoms with Crippen LogP contribution in [0, 0.1) is 5.82 Å². The van der Waals surface area contributed by atoms with Crippen molar-refractivity contribution in [3.05, 3.63) is 72.1 Å². The maximum Gasteiger partial charge on any atom is 0.269 e. The van der Waals surface area contributed by atoms with Gasteiger partial charge >= 0.3 is 0 Å². The average Bonchev–Trinajstić information content (AvgIpc) is 2.45. The van der Waals surface area contributed by atoms with E-state index in [1.165, 1.54) is 30.3 Å². The minimum absolute atomic E-state index is 0.0743. The SMILES string of the molecule is C=C(NNC(=O)c1ccc(O)cc1)c1ccccc1F. The van der Waals surface area contributed by atoms with Crippen molar-refractivity contribution < 1.29 is 14.3 Å². The minimum atomic E-state index is -0.427. The van der Waals surface area contributed by atoms with Gasteiger partial charge in [-0.15, -0.1) is 0 Å². The van der Waals surface area contributed by atoms with Gasteiger partial charge in [-0.05, 0) is 36.4 Å². The first-order valence-corrected chi connectivity index (χ1v) is 5.87. The number of nitrogens with one attached hydrogen (secondary N) is 2. The van der Waals surface area contributed by atoms with Gasteiger partial charge in [0.1, 0.15) is 11.6 Å². The number of phenolic OH excluding ortho intramolecular Hbond substituents is 1. The summed E-state index contributed by atoms with van der Waals surface area (Å²) in [5.41, 5.74) is 5.84. The van der Waals surface area contributed by atoms with Gasteiger partial charge in [-0.2, -0.15) is 0 Å². The minimum Gasteiger partial charge on any atom is -0.508 e. The van der Waals surface area contributed by atoms with Gasteiger partial charge in [0.15, 0.2) is 0 Å². The molecule has 0 saturated heterocycles. The van der Waals surface area contributed by atoms with E-state index in [1.807, 2.05) is 0 Å². The van der Waals surface area contributed by atoms with Gasteiger partial charge in [0.2, 0.25) is 0 Å².